The summed E-state index contributed by atoms with van der Waals surface area (Å²) in [5.74, 6) is -1.03. The second kappa shape index (κ2) is 9.08. The topological polar surface area (TPSA) is 110 Å². The van der Waals surface area contributed by atoms with E-state index in [2.05, 4.69) is 5.32 Å². The van der Waals surface area contributed by atoms with Crippen LogP contribution in [0.25, 0.3) is 0 Å². The Bertz CT molecular complexity index is 1240. The Hall–Kier alpha value is -2.64. The maximum atomic E-state index is 12.8. The number of ether oxygens (including phenoxy) is 1. The Labute approximate surface area is 184 Å². The molecule has 176 valence electrons. The second-order valence-electron chi connectivity index (χ2n) is 6.87. The van der Waals surface area contributed by atoms with Crippen LogP contribution in [-0.4, -0.2) is 53.3 Å². The fourth-order valence-corrected chi connectivity index (χ4v) is 4.62. The number of methoxy groups -OCH3 is 1. The van der Waals surface area contributed by atoms with Crippen molar-refractivity contribution in [1.29, 1.82) is 0 Å². The van der Waals surface area contributed by atoms with Crippen LogP contribution in [0.1, 0.15) is 11.1 Å². The molecule has 2 aromatic rings. The predicted molar refractivity (Wildman–Crippen MR) is 111 cm³/mol. The van der Waals surface area contributed by atoms with Crippen LogP contribution in [0.4, 0.5) is 18.9 Å². The van der Waals surface area contributed by atoms with Gasteiger partial charge in [-0.05, 0) is 55.3 Å². The number of nitrogens with zero attached hydrogens (tertiary/aromatic N) is 1. The van der Waals surface area contributed by atoms with E-state index in [0.717, 1.165) is 28.5 Å². The minimum atomic E-state index is -5.66. The number of aryl methyl sites for hydroxylation is 2. The minimum absolute atomic E-state index is 0.0354. The second-order valence-corrected chi connectivity index (χ2v) is 10.9. The third-order valence-corrected chi connectivity index (χ3v) is 7.90. The lowest BCUT2D eigenvalue weighted by Gasteiger charge is -2.18. The average Bonchev–Trinajstić information content (AvgIpc) is 2.68. The van der Waals surface area contributed by atoms with Gasteiger partial charge in [-0.25, -0.2) is 16.8 Å². The molecule has 8 nitrogen and oxygen atoms in total. The molecule has 0 aromatic heterocycles. The van der Waals surface area contributed by atoms with Gasteiger partial charge >= 0.3 is 5.51 Å². The summed E-state index contributed by atoms with van der Waals surface area (Å²) in [5, 5.41) is 2.20. The first-order valence-corrected chi connectivity index (χ1v) is 11.9. The number of nitrogens with one attached hydrogen (secondary N) is 1. The summed E-state index contributed by atoms with van der Waals surface area (Å²) in [6.07, 6.45) is 0. The van der Waals surface area contributed by atoms with Crippen LogP contribution < -0.4 is 10.1 Å². The Kier molecular flexibility index (Phi) is 7.27. The van der Waals surface area contributed by atoms with E-state index in [-0.39, 0.29) is 16.3 Å². The number of hydrogen-bond acceptors (Lipinski definition) is 6. The smallest absolute Gasteiger partial charge is 0.495 e. The van der Waals surface area contributed by atoms with Gasteiger partial charge in [0.1, 0.15) is 5.75 Å². The van der Waals surface area contributed by atoms with Crippen LogP contribution in [0.5, 0.6) is 5.75 Å². The lowest BCUT2D eigenvalue weighted by atomic mass is 10.1. The first kappa shape index (κ1) is 25.6. The number of sulfone groups is 1. The molecule has 0 unspecified atom stereocenters. The standard InChI is InChI=1S/C19H21F3N2O6S2/c1-12-5-6-15(9-13(12)2)32(28,29)24(3)11-18(25)23-16-10-14(7-8-17(16)30-4)31(26,27)19(20,21)22/h5-10H,11H2,1-4H3,(H,23,25). The summed E-state index contributed by atoms with van der Waals surface area (Å²) in [6.45, 7) is 2.85. The van der Waals surface area contributed by atoms with Gasteiger partial charge in [0.2, 0.25) is 15.9 Å². The Morgan fingerprint density at radius 3 is 2.12 bits per heavy atom. The summed E-state index contributed by atoms with van der Waals surface area (Å²) in [6, 6.07) is 6.69. The first-order chi connectivity index (χ1) is 14.6. The van der Waals surface area contributed by atoms with Crippen molar-refractivity contribution in [1.82, 2.24) is 4.31 Å². The predicted octanol–water partition coefficient (Wildman–Crippen LogP) is 2.86. The van der Waals surface area contributed by atoms with Crippen molar-refractivity contribution in [2.45, 2.75) is 29.1 Å². The molecule has 0 fully saturated rings. The molecule has 0 radical (unpaired) electrons. The molecule has 0 aliphatic carbocycles. The molecule has 0 saturated carbocycles. The zero-order chi connectivity index (χ0) is 24.5. The van der Waals surface area contributed by atoms with Crippen molar-refractivity contribution in [3.63, 3.8) is 0 Å². The maximum Gasteiger partial charge on any atom is 0.501 e. The molecule has 32 heavy (non-hydrogen) atoms. The highest BCUT2D eigenvalue weighted by Crippen LogP contribution is 2.34. The van der Waals surface area contributed by atoms with Gasteiger partial charge in [0.15, 0.2) is 0 Å². The zero-order valence-electron chi connectivity index (χ0n) is 17.5. The number of rotatable bonds is 7. The number of halogens is 3. The van der Waals surface area contributed by atoms with E-state index in [0.29, 0.717) is 12.1 Å². The van der Waals surface area contributed by atoms with Crippen LogP contribution in [0.3, 0.4) is 0 Å². The van der Waals surface area contributed by atoms with Crippen molar-refractivity contribution in [2.24, 2.45) is 0 Å². The Morgan fingerprint density at radius 2 is 1.59 bits per heavy atom. The molecule has 0 aliphatic heterocycles. The minimum Gasteiger partial charge on any atom is -0.495 e. The summed E-state index contributed by atoms with van der Waals surface area (Å²) in [7, 11) is -7.37. The molecule has 1 N–H and O–H groups in total. The third-order valence-electron chi connectivity index (χ3n) is 4.61. The van der Waals surface area contributed by atoms with E-state index in [1.165, 1.54) is 19.2 Å². The van der Waals surface area contributed by atoms with Gasteiger partial charge in [0.25, 0.3) is 9.84 Å². The number of anilines is 1. The molecule has 0 bridgehead atoms. The zero-order valence-corrected chi connectivity index (χ0v) is 19.2. The highest BCUT2D eigenvalue weighted by atomic mass is 32.2. The van der Waals surface area contributed by atoms with Crippen molar-refractivity contribution < 1.29 is 39.5 Å². The number of carbonyl (C=O) groups excluding carboxylic acids is 1. The number of carbonyl (C=O) groups is 1. The highest BCUT2D eigenvalue weighted by Gasteiger charge is 2.47. The molecule has 0 spiro atoms. The molecule has 13 heteroatoms. The van der Waals surface area contributed by atoms with Gasteiger partial charge in [0, 0.05) is 7.05 Å². The quantitative estimate of drug-likeness (QED) is 0.634. The van der Waals surface area contributed by atoms with Crippen molar-refractivity contribution in [3.05, 3.63) is 47.5 Å². The molecular weight excluding hydrogens is 473 g/mol. The van der Waals surface area contributed by atoms with Crippen molar-refractivity contribution in [2.75, 3.05) is 26.0 Å². The van der Waals surface area contributed by atoms with Gasteiger partial charge in [0.05, 0.1) is 29.1 Å². The van der Waals surface area contributed by atoms with Crippen LogP contribution in [0, 0.1) is 13.8 Å². The van der Waals surface area contributed by atoms with Gasteiger partial charge in [-0.2, -0.15) is 17.5 Å². The molecule has 2 rings (SSSR count). The van der Waals surface area contributed by atoms with E-state index in [1.54, 1.807) is 13.0 Å². The van der Waals surface area contributed by atoms with Gasteiger partial charge in [-0.1, -0.05) is 6.07 Å². The molecular formula is C19H21F3N2O6S2. The number of likely N-dealkylation sites (N-methyl/N-ethyl adjacent to an activating group) is 1. The number of sulfonamides is 1. The molecule has 0 aliphatic rings. The number of hydrogen-bond donors (Lipinski definition) is 1. The number of alkyl halides is 3. The third kappa shape index (κ3) is 5.22. The summed E-state index contributed by atoms with van der Waals surface area (Å²) >= 11 is 0. The SMILES string of the molecule is COc1ccc(S(=O)(=O)C(F)(F)F)cc1NC(=O)CN(C)S(=O)(=O)c1ccc(C)c(C)c1. The van der Waals surface area contributed by atoms with Crippen molar-refractivity contribution in [3.8, 4) is 5.75 Å². The lowest BCUT2D eigenvalue weighted by Crippen LogP contribution is -2.35. The van der Waals surface area contributed by atoms with E-state index in [4.69, 9.17) is 4.74 Å². The van der Waals surface area contributed by atoms with Gasteiger partial charge in [-0.3, -0.25) is 4.79 Å². The number of amides is 1. The fraction of sp³-hybridized carbons (Fsp3) is 0.316. The van der Waals surface area contributed by atoms with E-state index < -0.39 is 42.7 Å². The van der Waals surface area contributed by atoms with Crippen LogP contribution in [0.2, 0.25) is 0 Å². The molecule has 0 saturated heterocycles. The fourth-order valence-electron chi connectivity index (χ4n) is 2.62. The number of benzene rings is 2. The normalized spacial score (nSPS) is 12.6. The van der Waals surface area contributed by atoms with Gasteiger partial charge < -0.3 is 10.1 Å². The monoisotopic (exact) mass is 494 g/mol. The van der Waals surface area contributed by atoms with E-state index in [1.807, 2.05) is 6.92 Å². The lowest BCUT2D eigenvalue weighted by molar-refractivity contribution is -0.116. The Balaban J connectivity index is 2.28. The molecule has 0 atom stereocenters. The maximum absolute atomic E-state index is 12.8. The summed E-state index contributed by atoms with van der Waals surface area (Å²) in [5.41, 5.74) is -4.29. The average molecular weight is 495 g/mol. The summed E-state index contributed by atoms with van der Waals surface area (Å²) < 4.78 is 92.9. The van der Waals surface area contributed by atoms with E-state index in [9.17, 15) is 34.8 Å². The van der Waals surface area contributed by atoms with Crippen LogP contribution in [0.15, 0.2) is 46.2 Å². The van der Waals surface area contributed by atoms with E-state index >= 15 is 0 Å². The largest absolute Gasteiger partial charge is 0.501 e. The Morgan fingerprint density at radius 1 is 1.00 bits per heavy atom. The van der Waals surface area contributed by atoms with Crippen LogP contribution >= 0.6 is 0 Å². The highest BCUT2D eigenvalue weighted by molar-refractivity contribution is 7.92. The summed E-state index contributed by atoms with van der Waals surface area (Å²) in [4.78, 5) is 11.3. The molecule has 1 amide bonds. The van der Waals surface area contributed by atoms with Crippen LogP contribution in [-0.2, 0) is 24.7 Å². The first-order valence-electron chi connectivity index (χ1n) is 8.94. The molecule has 2 aromatic carbocycles. The molecule has 0 heterocycles. The van der Waals surface area contributed by atoms with Crippen molar-refractivity contribution >= 4 is 31.5 Å². The van der Waals surface area contributed by atoms with Gasteiger partial charge in [-0.15, -0.1) is 0 Å².